The number of carbonyl (C=O) groups excluding carboxylic acids is 1. The van der Waals surface area contributed by atoms with Gasteiger partial charge >= 0.3 is 0 Å². The van der Waals surface area contributed by atoms with Gasteiger partial charge in [0.15, 0.2) is 6.61 Å². The lowest BCUT2D eigenvalue weighted by Crippen LogP contribution is -2.48. The summed E-state index contributed by atoms with van der Waals surface area (Å²) in [6.45, 7) is 11.0. The summed E-state index contributed by atoms with van der Waals surface area (Å²) in [5.41, 5.74) is 2.49. The van der Waals surface area contributed by atoms with Crippen LogP contribution in [0.25, 0.3) is 0 Å². The Labute approximate surface area is 191 Å². The largest absolute Gasteiger partial charge is 0.484 e. The van der Waals surface area contributed by atoms with Crippen molar-refractivity contribution >= 4 is 17.5 Å². The normalized spacial score (nSPS) is 16.7. The number of benzene rings is 2. The van der Waals surface area contributed by atoms with E-state index in [9.17, 15) is 4.79 Å². The van der Waals surface area contributed by atoms with Crippen molar-refractivity contribution in [2.75, 3.05) is 46.4 Å². The smallest absolute Gasteiger partial charge is 0.258 e. The zero-order chi connectivity index (χ0) is 22.4. The molecule has 1 fully saturated rings. The molecule has 0 unspecified atom stereocenters. The third-order valence-corrected chi connectivity index (χ3v) is 6.07. The molecule has 1 heterocycles. The Bertz CT molecular complexity index is 839. The molecular formula is C25H34ClN3O2. The molecule has 2 aromatic carbocycles. The highest BCUT2D eigenvalue weighted by molar-refractivity contribution is 6.30. The van der Waals surface area contributed by atoms with Gasteiger partial charge in [-0.3, -0.25) is 9.69 Å². The van der Waals surface area contributed by atoms with Gasteiger partial charge < -0.3 is 15.0 Å². The molecule has 0 bridgehead atoms. The lowest BCUT2D eigenvalue weighted by Gasteiger charge is -2.38. The quantitative estimate of drug-likeness (QED) is 0.699. The average molecular weight is 444 g/mol. The molecule has 0 aliphatic carbocycles. The minimum absolute atomic E-state index is 0.00490. The van der Waals surface area contributed by atoms with E-state index in [4.69, 9.17) is 16.3 Å². The monoisotopic (exact) mass is 443 g/mol. The second-order valence-corrected chi connectivity index (χ2v) is 9.71. The van der Waals surface area contributed by atoms with Gasteiger partial charge in [-0.1, -0.05) is 56.6 Å². The number of nitrogens with one attached hydrogen (secondary N) is 1. The van der Waals surface area contributed by atoms with E-state index in [1.54, 1.807) is 0 Å². The van der Waals surface area contributed by atoms with Gasteiger partial charge in [0.2, 0.25) is 0 Å². The Morgan fingerprint density at radius 1 is 1.03 bits per heavy atom. The molecule has 1 aliphatic heterocycles. The number of hydrogen-bond donors (Lipinski definition) is 1. The number of ether oxygens (including phenoxy) is 1. The van der Waals surface area contributed by atoms with Crippen LogP contribution in [-0.2, 0) is 10.2 Å². The van der Waals surface area contributed by atoms with Crippen LogP contribution in [0, 0.1) is 0 Å². The van der Waals surface area contributed by atoms with Gasteiger partial charge in [0.05, 0.1) is 6.04 Å². The lowest BCUT2D eigenvalue weighted by atomic mass is 9.87. The van der Waals surface area contributed by atoms with Crippen molar-refractivity contribution in [2.24, 2.45) is 0 Å². The van der Waals surface area contributed by atoms with Crippen molar-refractivity contribution in [2.45, 2.75) is 32.2 Å². The van der Waals surface area contributed by atoms with Crippen LogP contribution >= 0.6 is 11.6 Å². The molecule has 3 rings (SSSR count). The predicted octanol–water partition coefficient (Wildman–Crippen LogP) is 4.12. The van der Waals surface area contributed by atoms with E-state index in [1.807, 2.05) is 36.4 Å². The van der Waals surface area contributed by atoms with Crippen molar-refractivity contribution in [1.82, 2.24) is 15.1 Å². The molecule has 1 saturated heterocycles. The first kappa shape index (κ1) is 23.6. The molecule has 1 N–H and O–H groups in total. The molecule has 0 aromatic heterocycles. The lowest BCUT2D eigenvalue weighted by molar-refractivity contribution is -0.123. The second kappa shape index (κ2) is 10.5. The molecule has 6 heteroatoms. The second-order valence-electron chi connectivity index (χ2n) is 9.27. The first-order valence-corrected chi connectivity index (χ1v) is 11.3. The number of carbonyl (C=O) groups is 1. The van der Waals surface area contributed by atoms with Crippen molar-refractivity contribution in [3.05, 3.63) is 64.7 Å². The van der Waals surface area contributed by atoms with E-state index in [1.165, 1.54) is 5.56 Å². The highest BCUT2D eigenvalue weighted by Gasteiger charge is 2.24. The summed E-state index contributed by atoms with van der Waals surface area (Å²) in [5, 5.41) is 3.78. The Morgan fingerprint density at radius 2 is 1.65 bits per heavy atom. The van der Waals surface area contributed by atoms with Crippen LogP contribution in [0.3, 0.4) is 0 Å². The van der Waals surface area contributed by atoms with E-state index in [0.717, 1.165) is 36.8 Å². The Balaban J connectivity index is 1.56. The molecule has 0 radical (unpaired) electrons. The standard InChI is InChI=1S/C25H34ClN3O2/c1-25(2,3)20-7-11-22(12-8-20)31-18-24(30)27-17-23(19-5-9-21(26)10-6-19)29-15-13-28(4)14-16-29/h5-12,23H,13-18H2,1-4H3,(H,27,30)/t23-/m1/s1. The van der Waals surface area contributed by atoms with Gasteiger partial charge in [-0.05, 0) is 47.9 Å². The minimum Gasteiger partial charge on any atom is -0.484 e. The fraction of sp³-hybridized carbons (Fsp3) is 0.480. The van der Waals surface area contributed by atoms with Crippen LogP contribution in [0.1, 0.15) is 37.9 Å². The van der Waals surface area contributed by atoms with Crippen LogP contribution in [0.5, 0.6) is 5.75 Å². The van der Waals surface area contributed by atoms with Gasteiger partial charge in [0, 0.05) is 37.7 Å². The molecule has 168 valence electrons. The summed E-state index contributed by atoms with van der Waals surface area (Å²) in [7, 11) is 2.14. The zero-order valence-corrected chi connectivity index (χ0v) is 19.8. The zero-order valence-electron chi connectivity index (χ0n) is 19.0. The van der Waals surface area contributed by atoms with Gasteiger partial charge in [0.1, 0.15) is 5.75 Å². The van der Waals surface area contributed by atoms with Gasteiger partial charge in [-0.25, -0.2) is 0 Å². The van der Waals surface area contributed by atoms with E-state index < -0.39 is 0 Å². The van der Waals surface area contributed by atoms with Crippen molar-refractivity contribution in [3.8, 4) is 5.75 Å². The number of amides is 1. The molecule has 1 aliphatic rings. The molecule has 2 aromatic rings. The fourth-order valence-corrected chi connectivity index (χ4v) is 3.86. The van der Waals surface area contributed by atoms with Gasteiger partial charge in [-0.2, -0.15) is 0 Å². The van der Waals surface area contributed by atoms with Crippen molar-refractivity contribution < 1.29 is 9.53 Å². The number of halogens is 1. The van der Waals surface area contributed by atoms with E-state index in [0.29, 0.717) is 12.3 Å². The number of nitrogens with zero attached hydrogens (tertiary/aromatic N) is 2. The third kappa shape index (κ3) is 6.96. The van der Waals surface area contributed by atoms with Crippen LogP contribution in [-0.4, -0.2) is 62.1 Å². The van der Waals surface area contributed by atoms with Crippen LogP contribution in [0.4, 0.5) is 0 Å². The summed E-state index contributed by atoms with van der Waals surface area (Å²) in [6.07, 6.45) is 0. The first-order chi connectivity index (χ1) is 14.7. The number of piperazine rings is 1. The summed E-state index contributed by atoms with van der Waals surface area (Å²) < 4.78 is 5.70. The Morgan fingerprint density at radius 3 is 2.23 bits per heavy atom. The van der Waals surface area contributed by atoms with Gasteiger partial charge in [0.25, 0.3) is 5.91 Å². The maximum absolute atomic E-state index is 12.5. The van der Waals surface area contributed by atoms with E-state index >= 15 is 0 Å². The Hall–Kier alpha value is -2.08. The topological polar surface area (TPSA) is 44.8 Å². The highest BCUT2D eigenvalue weighted by atomic mass is 35.5. The average Bonchev–Trinajstić information content (AvgIpc) is 2.74. The maximum atomic E-state index is 12.5. The summed E-state index contributed by atoms with van der Waals surface area (Å²) in [5.74, 6) is 0.587. The number of hydrogen-bond acceptors (Lipinski definition) is 4. The molecule has 0 spiro atoms. The maximum Gasteiger partial charge on any atom is 0.258 e. The first-order valence-electron chi connectivity index (χ1n) is 10.9. The fourth-order valence-electron chi connectivity index (χ4n) is 3.74. The Kier molecular flexibility index (Phi) is 7.98. The summed E-state index contributed by atoms with van der Waals surface area (Å²) >= 11 is 6.08. The molecule has 1 atom stereocenters. The SMILES string of the molecule is CN1CCN([C@H](CNC(=O)COc2ccc(C(C)(C)C)cc2)c2ccc(Cl)cc2)CC1. The highest BCUT2D eigenvalue weighted by Crippen LogP contribution is 2.25. The van der Waals surface area contributed by atoms with Gasteiger partial charge in [-0.15, -0.1) is 0 Å². The van der Waals surface area contributed by atoms with Crippen LogP contribution < -0.4 is 10.1 Å². The van der Waals surface area contributed by atoms with Crippen LogP contribution in [0.2, 0.25) is 5.02 Å². The van der Waals surface area contributed by atoms with Crippen molar-refractivity contribution in [3.63, 3.8) is 0 Å². The summed E-state index contributed by atoms with van der Waals surface area (Å²) in [4.78, 5) is 17.2. The summed E-state index contributed by atoms with van der Waals surface area (Å²) in [6, 6.07) is 16.0. The van der Waals surface area contributed by atoms with E-state index in [2.05, 4.69) is 55.1 Å². The van der Waals surface area contributed by atoms with Crippen molar-refractivity contribution in [1.29, 1.82) is 0 Å². The number of rotatable bonds is 7. The van der Waals surface area contributed by atoms with E-state index in [-0.39, 0.29) is 24.0 Å². The predicted molar refractivity (Wildman–Crippen MR) is 127 cm³/mol. The minimum atomic E-state index is -0.118. The molecule has 1 amide bonds. The third-order valence-electron chi connectivity index (χ3n) is 5.82. The molecule has 5 nitrogen and oxygen atoms in total. The molecule has 31 heavy (non-hydrogen) atoms. The molecule has 0 saturated carbocycles. The number of likely N-dealkylation sites (N-methyl/N-ethyl adjacent to an activating group) is 1. The van der Waals surface area contributed by atoms with Crippen LogP contribution in [0.15, 0.2) is 48.5 Å². The molecular weight excluding hydrogens is 410 g/mol.